The summed E-state index contributed by atoms with van der Waals surface area (Å²) < 4.78 is 0. The van der Waals surface area contributed by atoms with E-state index >= 15 is 0 Å². The molecular formula is C27H27N5O. The van der Waals surface area contributed by atoms with Crippen LogP contribution in [0.15, 0.2) is 72.8 Å². The van der Waals surface area contributed by atoms with Crippen LogP contribution in [0.2, 0.25) is 0 Å². The number of anilines is 5. The number of nitrogens with one attached hydrogen (secondary N) is 3. The zero-order valence-corrected chi connectivity index (χ0v) is 19.2. The van der Waals surface area contributed by atoms with Gasteiger partial charge in [0.25, 0.3) is 5.91 Å². The number of rotatable bonds is 6. The third-order valence-corrected chi connectivity index (χ3v) is 5.06. The van der Waals surface area contributed by atoms with Crippen LogP contribution in [-0.2, 0) is 0 Å². The molecule has 166 valence electrons. The van der Waals surface area contributed by atoms with Gasteiger partial charge in [0.1, 0.15) is 17.5 Å². The summed E-state index contributed by atoms with van der Waals surface area (Å²) in [6, 6.07) is 23.4. The largest absolute Gasteiger partial charge is 0.340 e. The fourth-order valence-electron chi connectivity index (χ4n) is 3.57. The van der Waals surface area contributed by atoms with Crippen molar-refractivity contribution >= 4 is 34.6 Å². The number of aromatic nitrogens is 2. The molecule has 1 amide bonds. The van der Waals surface area contributed by atoms with Gasteiger partial charge in [0.05, 0.1) is 0 Å². The number of benzene rings is 3. The highest BCUT2D eigenvalue weighted by atomic mass is 16.1. The van der Waals surface area contributed by atoms with Gasteiger partial charge in [-0.25, -0.2) is 9.97 Å². The highest BCUT2D eigenvalue weighted by Gasteiger charge is 2.08. The van der Waals surface area contributed by atoms with Crippen LogP contribution in [0.25, 0.3) is 0 Å². The van der Waals surface area contributed by atoms with E-state index in [2.05, 4.69) is 45.0 Å². The molecule has 3 aromatic carbocycles. The van der Waals surface area contributed by atoms with Crippen molar-refractivity contribution in [2.75, 3.05) is 16.0 Å². The summed E-state index contributed by atoms with van der Waals surface area (Å²) in [6.45, 7) is 7.89. The minimum absolute atomic E-state index is 0.124. The van der Waals surface area contributed by atoms with Gasteiger partial charge < -0.3 is 16.0 Å². The Bertz CT molecular complexity index is 1260. The lowest BCUT2D eigenvalue weighted by Gasteiger charge is -2.11. The van der Waals surface area contributed by atoms with Crippen LogP contribution in [0.4, 0.5) is 28.7 Å². The van der Waals surface area contributed by atoms with Crippen molar-refractivity contribution in [1.29, 1.82) is 0 Å². The normalized spacial score (nSPS) is 10.5. The summed E-state index contributed by atoms with van der Waals surface area (Å²) in [5, 5.41) is 9.57. The van der Waals surface area contributed by atoms with Crippen LogP contribution < -0.4 is 16.0 Å². The van der Waals surface area contributed by atoms with E-state index in [1.807, 2.05) is 81.4 Å². The van der Waals surface area contributed by atoms with E-state index in [-0.39, 0.29) is 5.91 Å². The third-order valence-electron chi connectivity index (χ3n) is 5.06. The van der Waals surface area contributed by atoms with Crippen molar-refractivity contribution in [1.82, 2.24) is 9.97 Å². The number of carbonyl (C=O) groups excluding carboxylic acids is 1. The van der Waals surface area contributed by atoms with Gasteiger partial charge in [0, 0.05) is 28.7 Å². The Labute approximate surface area is 194 Å². The average Bonchev–Trinajstić information content (AvgIpc) is 2.76. The number of nitrogens with zero attached hydrogens (tertiary/aromatic N) is 2. The molecule has 0 fully saturated rings. The van der Waals surface area contributed by atoms with Crippen LogP contribution in [-0.4, -0.2) is 15.9 Å². The van der Waals surface area contributed by atoms with E-state index in [0.717, 1.165) is 28.2 Å². The first kappa shape index (κ1) is 22.0. The van der Waals surface area contributed by atoms with E-state index in [4.69, 9.17) is 0 Å². The van der Waals surface area contributed by atoms with E-state index in [1.54, 1.807) is 0 Å². The molecule has 0 spiro atoms. The Morgan fingerprint density at radius 2 is 1.09 bits per heavy atom. The third kappa shape index (κ3) is 5.95. The molecule has 0 unspecified atom stereocenters. The van der Waals surface area contributed by atoms with Gasteiger partial charge in [-0.1, -0.05) is 34.9 Å². The first-order valence-corrected chi connectivity index (χ1v) is 10.8. The zero-order chi connectivity index (χ0) is 23.4. The number of amides is 1. The molecule has 0 aliphatic rings. The average molecular weight is 438 g/mol. The fraction of sp³-hybridized carbons (Fsp3) is 0.148. The quantitative estimate of drug-likeness (QED) is 0.323. The monoisotopic (exact) mass is 437 g/mol. The molecule has 3 N–H and O–H groups in total. The maximum atomic E-state index is 12.6. The van der Waals surface area contributed by atoms with Crippen LogP contribution in [0, 0.1) is 27.7 Å². The number of hydrogen-bond donors (Lipinski definition) is 3. The predicted octanol–water partition coefficient (Wildman–Crippen LogP) is 6.45. The molecule has 0 radical (unpaired) electrons. The van der Waals surface area contributed by atoms with E-state index in [1.165, 1.54) is 5.56 Å². The SMILES string of the molecule is Cc1ccc(Nc2cc(Nc3ccc(NC(=O)c4cc(C)cc(C)c4)cc3)nc(C)n2)cc1. The lowest BCUT2D eigenvalue weighted by Crippen LogP contribution is -2.12. The highest BCUT2D eigenvalue weighted by Crippen LogP contribution is 2.22. The number of hydrogen-bond acceptors (Lipinski definition) is 5. The topological polar surface area (TPSA) is 78.9 Å². The Kier molecular flexibility index (Phi) is 6.36. The number of aryl methyl sites for hydroxylation is 4. The summed E-state index contributed by atoms with van der Waals surface area (Å²) in [5.41, 5.74) is 6.54. The predicted molar refractivity (Wildman–Crippen MR) is 135 cm³/mol. The smallest absolute Gasteiger partial charge is 0.255 e. The molecule has 33 heavy (non-hydrogen) atoms. The van der Waals surface area contributed by atoms with Gasteiger partial charge >= 0.3 is 0 Å². The zero-order valence-electron chi connectivity index (χ0n) is 19.2. The molecule has 4 aromatic rings. The van der Waals surface area contributed by atoms with Gasteiger partial charge in [-0.2, -0.15) is 0 Å². The summed E-state index contributed by atoms with van der Waals surface area (Å²) in [5.74, 6) is 1.93. The first-order valence-electron chi connectivity index (χ1n) is 10.8. The molecule has 1 aromatic heterocycles. The molecule has 4 rings (SSSR count). The summed E-state index contributed by atoms with van der Waals surface area (Å²) in [7, 11) is 0. The van der Waals surface area contributed by atoms with Crippen molar-refractivity contribution < 1.29 is 4.79 Å². The molecule has 0 saturated heterocycles. The van der Waals surface area contributed by atoms with Gasteiger partial charge in [-0.3, -0.25) is 4.79 Å². The maximum absolute atomic E-state index is 12.6. The van der Waals surface area contributed by atoms with Crippen molar-refractivity contribution in [3.8, 4) is 0 Å². The van der Waals surface area contributed by atoms with E-state index < -0.39 is 0 Å². The molecule has 6 nitrogen and oxygen atoms in total. The van der Waals surface area contributed by atoms with Crippen molar-refractivity contribution in [3.63, 3.8) is 0 Å². The second-order valence-corrected chi connectivity index (χ2v) is 8.21. The van der Waals surface area contributed by atoms with Crippen molar-refractivity contribution in [3.05, 3.63) is 101 Å². The number of carbonyl (C=O) groups is 1. The molecule has 0 aliphatic carbocycles. The molecule has 6 heteroatoms. The minimum atomic E-state index is -0.124. The van der Waals surface area contributed by atoms with E-state index in [9.17, 15) is 4.79 Å². The second-order valence-electron chi connectivity index (χ2n) is 8.21. The standard InChI is InChI=1S/C27H27N5O/c1-17-5-7-22(8-6-17)30-25-16-26(29-20(4)28-25)31-23-9-11-24(12-10-23)32-27(33)21-14-18(2)13-19(3)15-21/h5-16H,1-4H3,(H,32,33)(H2,28,29,30,31). The van der Waals surface area contributed by atoms with Crippen LogP contribution in [0.5, 0.6) is 0 Å². The van der Waals surface area contributed by atoms with Crippen molar-refractivity contribution in [2.45, 2.75) is 27.7 Å². The molecule has 0 saturated carbocycles. The lowest BCUT2D eigenvalue weighted by molar-refractivity contribution is 0.102. The van der Waals surface area contributed by atoms with E-state index in [0.29, 0.717) is 23.0 Å². The minimum Gasteiger partial charge on any atom is -0.340 e. The molecule has 0 aliphatic heterocycles. The Morgan fingerprint density at radius 1 is 0.606 bits per heavy atom. The molecule has 0 atom stereocenters. The van der Waals surface area contributed by atoms with Gasteiger partial charge in [0.2, 0.25) is 0 Å². The Hall–Kier alpha value is -4.19. The Morgan fingerprint density at radius 3 is 1.64 bits per heavy atom. The van der Waals surface area contributed by atoms with Gasteiger partial charge in [0.15, 0.2) is 0 Å². The molecular weight excluding hydrogens is 410 g/mol. The van der Waals surface area contributed by atoms with Crippen LogP contribution in [0.3, 0.4) is 0 Å². The second kappa shape index (κ2) is 9.53. The van der Waals surface area contributed by atoms with Crippen LogP contribution >= 0.6 is 0 Å². The highest BCUT2D eigenvalue weighted by molar-refractivity contribution is 6.04. The molecule has 1 heterocycles. The van der Waals surface area contributed by atoms with Gasteiger partial charge in [-0.15, -0.1) is 0 Å². The van der Waals surface area contributed by atoms with Crippen molar-refractivity contribution in [2.24, 2.45) is 0 Å². The molecule has 0 bridgehead atoms. The summed E-state index contributed by atoms with van der Waals surface area (Å²) >= 11 is 0. The first-order chi connectivity index (χ1) is 15.8. The lowest BCUT2D eigenvalue weighted by atomic mass is 10.1. The Balaban J connectivity index is 1.43. The summed E-state index contributed by atoms with van der Waals surface area (Å²) in [4.78, 5) is 21.5. The fourth-order valence-corrected chi connectivity index (χ4v) is 3.57. The van der Waals surface area contributed by atoms with Crippen LogP contribution in [0.1, 0.15) is 32.9 Å². The van der Waals surface area contributed by atoms with Gasteiger partial charge in [-0.05, 0) is 76.2 Å². The maximum Gasteiger partial charge on any atom is 0.255 e. The summed E-state index contributed by atoms with van der Waals surface area (Å²) in [6.07, 6.45) is 0.